The van der Waals surface area contributed by atoms with Crippen LogP contribution in [-0.4, -0.2) is 20.7 Å². The van der Waals surface area contributed by atoms with E-state index in [4.69, 9.17) is 4.74 Å². The Morgan fingerprint density at radius 2 is 2.06 bits per heavy atom. The second kappa shape index (κ2) is 8.13. The summed E-state index contributed by atoms with van der Waals surface area (Å²) in [7, 11) is 3.73. The first kappa shape index (κ1) is 16.0. The lowest BCUT2D eigenvalue weighted by atomic mass is 9.85. The Bertz CT molecular complexity index is 312. The van der Waals surface area contributed by atoms with Crippen molar-refractivity contribution in [3.63, 3.8) is 0 Å². The van der Waals surface area contributed by atoms with Gasteiger partial charge in [0.25, 0.3) is 0 Å². The molecule has 0 spiro atoms. The Hall–Kier alpha value is -1.02. The monoisotopic (exact) mass is 237 g/mol. The molecule has 98 valence electrons. The summed E-state index contributed by atoms with van der Waals surface area (Å²) in [5.41, 5.74) is 1.38. The van der Waals surface area contributed by atoms with Crippen LogP contribution < -0.4 is 10.1 Å². The second-order valence-corrected chi connectivity index (χ2v) is 4.33. The summed E-state index contributed by atoms with van der Waals surface area (Å²) >= 11 is 0. The van der Waals surface area contributed by atoms with Gasteiger partial charge in [0.15, 0.2) is 0 Å². The maximum atomic E-state index is 5.27. The lowest BCUT2D eigenvalue weighted by Crippen LogP contribution is -2.22. The van der Waals surface area contributed by atoms with Crippen molar-refractivity contribution in [1.82, 2.24) is 5.32 Å². The highest BCUT2D eigenvalue weighted by atomic mass is 16.5. The normalized spacial score (nSPS) is 13.6. The number of hydrogen-bond donors (Lipinski definition) is 1. The van der Waals surface area contributed by atoms with E-state index in [0.29, 0.717) is 11.8 Å². The molecular formula is C15H27NO. The first-order valence-corrected chi connectivity index (χ1v) is 6.01. The maximum absolute atomic E-state index is 5.27. The molecule has 0 radical (unpaired) electrons. The number of benzene rings is 1. The Balaban J connectivity index is 0.00000256. The van der Waals surface area contributed by atoms with Crippen LogP contribution in [0.3, 0.4) is 0 Å². The van der Waals surface area contributed by atoms with E-state index < -0.39 is 0 Å². The predicted molar refractivity (Wildman–Crippen MR) is 75.8 cm³/mol. The predicted octanol–water partition coefficient (Wildman–Crippen LogP) is 3.68. The minimum Gasteiger partial charge on any atom is -0.497 e. The molecule has 2 heteroatoms. The van der Waals surface area contributed by atoms with Crippen LogP contribution in [0.25, 0.3) is 0 Å². The number of nitrogens with one attached hydrogen (secondary N) is 1. The van der Waals surface area contributed by atoms with Crippen LogP contribution in [0, 0.1) is 5.92 Å². The van der Waals surface area contributed by atoms with Crippen LogP contribution in [-0.2, 0) is 0 Å². The van der Waals surface area contributed by atoms with Gasteiger partial charge in [-0.25, -0.2) is 0 Å². The average Bonchev–Trinajstić information content (AvgIpc) is 2.31. The summed E-state index contributed by atoms with van der Waals surface area (Å²) in [6, 6.07) is 8.42. The van der Waals surface area contributed by atoms with Crippen LogP contribution in [0.15, 0.2) is 24.3 Å². The first-order valence-electron chi connectivity index (χ1n) is 6.01. The lowest BCUT2D eigenvalue weighted by Gasteiger charge is -2.23. The van der Waals surface area contributed by atoms with Crippen LogP contribution in [0.5, 0.6) is 5.75 Å². The van der Waals surface area contributed by atoms with Crippen molar-refractivity contribution in [1.29, 1.82) is 0 Å². The largest absolute Gasteiger partial charge is 0.497 e. The molecule has 0 unspecified atom stereocenters. The SMILES string of the molecule is C.CC[C@@H](c1cccc(OC)c1)[C@@H](C)CNC. The summed E-state index contributed by atoms with van der Waals surface area (Å²) in [5.74, 6) is 2.19. The molecule has 0 aliphatic carbocycles. The van der Waals surface area contributed by atoms with E-state index in [1.54, 1.807) is 7.11 Å². The molecule has 0 saturated carbocycles. The number of methoxy groups -OCH3 is 1. The molecule has 0 aliphatic rings. The standard InChI is InChI=1S/C14H23NO.CH4/c1-5-14(11(2)10-15-3)12-7-6-8-13(9-12)16-4;/h6-9,11,14-15H,5,10H2,1-4H3;1H4/t11-,14+;/m0./s1. The third kappa shape index (κ3) is 4.39. The fourth-order valence-electron chi connectivity index (χ4n) is 2.30. The topological polar surface area (TPSA) is 21.3 Å². The lowest BCUT2D eigenvalue weighted by molar-refractivity contribution is 0.407. The highest BCUT2D eigenvalue weighted by Gasteiger charge is 2.17. The molecule has 0 fully saturated rings. The number of ether oxygens (including phenoxy) is 1. The Labute approximate surface area is 106 Å². The quantitative estimate of drug-likeness (QED) is 0.815. The van der Waals surface area contributed by atoms with Gasteiger partial charge >= 0.3 is 0 Å². The van der Waals surface area contributed by atoms with Gasteiger partial charge in [-0.15, -0.1) is 0 Å². The fourth-order valence-corrected chi connectivity index (χ4v) is 2.30. The van der Waals surface area contributed by atoms with Gasteiger partial charge in [0.05, 0.1) is 7.11 Å². The Morgan fingerprint density at radius 3 is 2.59 bits per heavy atom. The van der Waals surface area contributed by atoms with Crippen molar-refractivity contribution in [3.05, 3.63) is 29.8 Å². The van der Waals surface area contributed by atoms with Gasteiger partial charge in [-0.2, -0.15) is 0 Å². The van der Waals surface area contributed by atoms with Crippen LogP contribution >= 0.6 is 0 Å². The molecular weight excluding hydrogens is 210 g/mol. The van der Waals surface area contributed by atoms with E-state index in [2.05, 4.69) is 37.4 Å². The van der Waals surface area contributed by atoms with E-state index in [9.17, 15) is 0 Å². The first-order chi connectivity index (χ1) is 7.72. The molecule has 1 aromatic rings. The highest BCUT2D eigenvalue weighted by molar-refractivity contribution is 5.31. The molecule has 0 amide bonds. The van der Waals surface area contributed by atoms with Gasteiger partial charge in [-0.3, -0.25) is 0 Å². The zero-order chi connectivity index (χ0) is 12.0. The van der Waals surface area contributed by atoms with E-state index in [1.165, 1.54) is 5.56 Å². The summed E-state index contributed by atoms with van der Waals surface area (Å²) in [6.45, 7) is 5.59. The third-order valence-electron chi connectivity index (χ3n) is 3.17. The van der Waals surface area contributed by atoms with Crippen molar-refractivity contribution in [2.45, 2.75) is 33.6 Å². The molecule has 0 aromatic heterocycles. The molecule has 1 N–H and O–H groups in total. The molecule has 1 aromatic carbocycles. The van der Waals surface area contributed by atoms with Crippen molar-refractivity contribution in [2.24, 2.45) is 5.92 Å². The van der Waals surface area contributed by atoms with Crippen LogP contribution in [0.4, 0.5) is 0 Å². The average molecular weight is 237 g/mol. The second-order valence-electron chi connectivity index (χ2n) is 4.33. The Morgan fingerprint density at radius 1 is 1.35 bits per heavy atom. The summed E-state index contributed by atoms with van der Waals surface area (Å²) in [4.78, 5) is 0. The fraction of sp³-hybridized carbons (Fsp3) is 0.600. The molecule has 0 aliphatic heterocycles. The summed E-state index contributed by atoms with van der Waals surface area (Å²) < 4.78 is 5.27. The molecule has 0 bridgehead atoms. The van der Waals surface area contributed by atoms with Crippen LogP contribution in [0.1, 0.15) is 39.2 Å². The van der Waals surface area contributed by atoms with Crippen molar-refractivity contribution in [3.8, 4) is 5.75 Å². The van der Waals surface area contributed by atoms with Crippen LogP contribution in [0.2, 0.25) is 0 Å². The molecule has 2 nitrogen and oxygen atoms in total. The minimum absolute atomic E-state index is 0. The van der Waals surface area contributed by atoms with Crippen molar-refractivity contribution in [2.75, 3.05) is 20.7 Å². The zero-order valence-electron chi connectivity index (χ0n) is 10.8. The van der Waals surface area contributed by atoms with Gasteiger partial charge in [-0.05, 0) is 49.5 Å². The maximum Gasteiger partial charge on any atom is 0.119 e. The molecule has 2 atom stereocenters. The zero-order valence-corrected chi connectivity index (χ0v) is 10.8. The summed E-state index contributed by atoms with van der Waals surface area (Å²) in [6.07, 6.45) is 1.16. The van der Waals surface area contributed by atoms with Gasteiger partial charge in [0, 0.05) is 0 Å². The smallest absolute Gasteiger partial charge is 0.119 e. The van der Waals surface area contributed by atoms with Gasteiger partial charge in [0.1, 0.15) is 5.75 Å². The van der Waals surface area contributed by atoms with Gasteiger partial charge < -0.3 is 10.1 Å². The van der Waals surface area contributed by atoms with Crippen molar-refractivity contribution >= 4 is 0 Å². The Kier molecular flexibility index (Phi) is 7.64. The highest BCUT2D eigenvalue weighted by Crippen LogP contribution is 2.29. The third-order valence-corrected chi connectivity index (χ3v) is 3.17. The molecule has 0 heterocycles. The van der Waals surface area contributed by atoms with Crippen molar-refractivity contribution < 1.29 is 4.74 Å². The number of rotatable bonds is 6. The van der Waals surface area contributed by atoms with Gasteiger partial charge in [0.2, 0.25) is 0 Å². The van der Waals surface area contributed by atoms with E-state index >= 15 is 0 Å². The van der Waals surface area contributed by atoms with E-state index in [-0.39, 0.29) is 7.43 Å². The molecule has 0 saturated heterocycles. The molecule has 1 rings (SSSR count). The minimum atomic E-state index is 0. The van der Waals surface area contributed by atoms with E-state index in [1.807, 2.05) is 13.1 Å². The van der Waals surface area contributed by atoms with Gasteiger partial charge in [-0.1, -0.05) is 33.4 Å². The summed E-state index contributed by atoms with van der Waals surface area (Å²) in [5, 5.41) is 3.25. The molecule has 17 heavy (non-hydrogen) atoms. The van der Waals surface area contributed by atoms with E-state index in [0.717, 1.165) is 18.7 Å². The number of hydrogen-bond acceptors (Lipinski definition) is 2.